The number of hydrogen-bond donors (Lipinski definition) is 1. The molecule has 0 atom stereocenters. The molecule has 1 fully saturated rings. The molecule has 0 radical (unpaired) electrons. The maximum absolute atomic E-state index is 9.30. The lowest BCUT2D eigenvalue weighted by Crippen LogP contribution is -2.10. The molecule has 0 saturated heterocycles. The van der Waals surface area contributed by atoms with Gasteiger partial charge in [-0.1, -0.05) is 12.1 Å². The Bertz CT molecular complexity index is 354. The van der Waals surface area contributed by atoms with Crippen molar-refractivity contribution in [3.63, 3.8) is 0 Å². The molecule has 1 saturated carbocycles. The van der Waals surface area contributed by atoms with Gasteiger partial charge in [-0.05, 0) is 48.8 Å². The van der Waals surface area contributed by atoms with Crippen LogP contribution in [0.15, 0.2) is 18.2 Å². The summed E-state index contributed by atoms with van der Waals surface area (Å²) in [5.74, 6) is 0.953. The number of rotatable bonds is 4. The minimum atomic E-state index is 0.155. The molecule has 82 valence electrons. The number of aliphatic hydroxyl groups is 1. The van der Waals surface area contributed by atoms with Crippen molar-refractivity contribution in [2.24, 2.45) is 5.41 Å². The molecular formula is C13H18O2. The largest absolute Gasteiger partial charge is 0.496 e. The minimum absolute atomic E-state index is 0.155. The summed E-state index contributed by atoms with van der Waals surface area (Å²) in [6.45, 7) is 2.36. The van der Waals surface area contributed by atoms with Gasteiger partial charge in [0.25, 0.3) is 0 Å². The Kier molecular flexibility index (Phi) is 2.70. The highest BCUT2D eigenvalue weighted by Crippen LogP contribution is 2.48. The molecule has 1 aliphatic carbocycles. The quantitative estimate of drug-likeness (QED) is 0.819. The monoisotopic (exact) mass is 206 g/mol. The smallest absolute Gasteiger partial charge is 0.122 e. The van der Waals surface area contributed by atoms with Crippen LogP contribution in [0.4, 0.5) is 0 Å². The number of aryl methyl sites for hydroxylation is 1. The molecule has 2 nitrogen and oxygen atoms in total. The summed E-state index contributed by atoms with van der Waals surface area (Å²) in [6.07, 6.45) is 3.22. The molecule has 0 spiro atoms. The second-order valence-corrected chi connectivity index (χ2v) is 4.65. The van der Waals surface area contributed by atoms with E-state index >= 15 is 0 Å². The Hall–Kier alpha value is -1.02. The van der Waals surface area contributed by atoms with E-state index in [-0.39, 0.29) is 5.41 Å². The fourth-order valence-corrected chi connectivity index (χ4v) is 1.97. The topological polar surface area (TPSA) is 29.5 Å². The normalized spacial score (nSPS) is 17.5. The Morgan fingerprint density at radius 2 is 2.13 bits per heavy atom. The van der Waals surface area contributed by atoms with Gasteiger partial charge in [0, 0.05) is 6.61 Å². The van der Waals surface area contributed by atoms with E-state index in [1.165, 1.54) is 11.1 Å². The highest BCUT2D eigenvalue weighted by atomic mass is 16.5. The molecule has 1 aromatic carbocycles. The van der Waals surface area contributed by atoms with Crippen molar-refractivity contribution in [2.45, 2.75) is 26.2 Å². The first kappa shape index (κ1) is 10.5. The second-order valence-electron chi connectivity index (χ2n) is 4.65. The van der Waals surface area contributed by atoms with E-state index < -0.39 is 0 Å². The van der Waals surface area contributed by atoms with Crippen LogP contribution in [-0.4, -0.2) is 18.8 Å². The molecule has 0 aliphatic heterocycles. The number of ether oxygens (including phenoxy) is 1. The molecule has 0 unspecified atom stereocenters. The van der Waals surface area contributed by atoms with Gasteiger partial charge in [0.05, 0.1) is 7.11 Å². The van der Waals surface area contributed by atoms with Gasteiger partial charge in [0.15, 0.2) is 0 Å². The van der Waals surface area contributed by atoms with Crippen LogP contribution in [0, 0.1) is 12.3 Å². The van der Waals surface area contributed by atoms with Crippen LogP contribution in [0.3, 0.4) is 0 Å². The Balaban J connectivity index is 2.20. The van der Waals surface area contributed by atoms with E-state index in [1.807, 2.05) is 0 Å². The average Bonchev–Trinajstić information content (AvgIpc) is 3.01. The van der Waals surface area contributed by atoms with E-state index in [2.05, 4.69) is 25.1 Å². The van der Waals surface area contributed by atoms with Gasteiger partial charge >= 0.3 is 0 Å². The van der Waals surface area contributed by atoms with Crippen LogP contribution in [0.5, 0.6) is 5.75 Å². The maximum atomic E-state index is 9.30. The van der Waals surface area contributed by atoms with E-state index in [1.54, 1.807) is 7.11 Å². The molecule has 0 heterocycles. The predicted octanol–water partition coefficient (Wildman–Crippen LogP) is 2.32. The van der Waals surface area contributed by atoms with Crippen molar-refractivity contribution in [3.8, 4) is 5.75 Å². The third-order valence-corrected chi connectivity index (χ3v) is 3.30. The molecule has 2 heteroatoms. The van der Waals surface area contributed by atoms with Crippen LogP contribution in [-0.2, 0) is 6.42 Å². The predicted molar refractivity (Wildman–Crippen MR) is 60.2 cm³/mol. The van der Waals surface area contributed by atoms with Gasteiger partial charge < -0.3 is 9.84 Å². The summed E-state index contributed by atoms with van der Waals surface area (Å²) < 4.78 is 5.36. The third-order valence-electron chi connectivity index (χ3n) is 3.30. The maximum Gasteiger partial charge on any atom is 0.122 e. The lowest BCUT2D eigenvalue weighted by atomic mass is 9.96. The molecule has 0 amide bonds. The van der Waals surface area contributed by atoms with E-state index in [9.17, 15) is 5.11 Å². The first-order valence-corrected chi connectivity index (χ1v) is 5.43. The minimum Gasteiger partial charge on any atom is -0.496 e. The Labute approximate surface area is 90.9 Å². The van der Waals surface area contributed by atoms with Gasteiger partial charge in [-0.25, -0.2) is 0 Å². The van der Waals surface area contributed by atoms with Gasteiger partial charge in [0.1, 0.15) is 5.75 Å². The van der Waals surface area contributed by atoms with Gasteiger partial charge in [0.2, 0.25) is 0 Å². The molecular weight excluding hydrogens is 188 g/mol. The van der Waals surface area contributed by atoms with Crippen LogP contribution in [0.1, 0.15) is 24.0 Å². The summed E-state index contributed by atoms with van der Waals surface area (Å²) in [5.41, 5.74) is 2.59. The fraction of sp³-hybridized carbons (Fsp3) is 0.538. The van der Waals surface area contributed by atoms with Crippen molar-refractivity contribution in [2.75, 3.05) is 13.7 Å². The molecule has 0 aromatic heterocycles. The zero-order valence-electron chi connectivity index (χ0n) is 9.42. The van der Waals surface area contributed by atoms with Crippen molar-refractivity contribution < 1.29 is 9.84 Å². The highest BCUT2D eigenvalue weighted by Gasteiger charge is 2.42. The summed E-state index contributed by atoms with van der Waals surface area (Å²) >= 11 is 0. The fourth-order valence-electron chi connectivity index (χ4n) is 1.97. The first-order chi connectivity index (χ1) is 7.19. The summed E-state index contributed by atoms with van der Waals surface area (Å²) in [7, 11) is 1.71. The third kappa shape index (κ3) is 2.15. The summed E-state index contributed by atoms with van der Waals surface area (Å²) in [6, 6.07) is 6.28. The van der Waals surface area contributed by atoms with Gasteiger partial charge in [-0.15, -0.1) is 0 Å². The molecule has 0 bridgehead atoms. The number of benzene rings is 1. The van der Waals surface area contributed by atoms with Crippen molar-refractivity contribution in [3.05, 3.63) is 29.3 Å². The lowest BCUT2D eigenvalue weighted by Gasteiger charge is -2.14. The van der Waals surface area contributed by atoms with E-state index in [0.717, 1.165) is 25.0 Å². The lowest BCUT2D eigenvalue weighted by molar-refractivity contribution is 0.210. The van der Waals surface area contributed by atoms with Gasteiger partial charge in [-0.2, -0.15) is 0 Å². The van der Waals surface area contributed by atoms with Crippen molar-refractivity contribution in [1.82, 2.24) is 0 Å². The zero-order valence-corrected chi connectivity index (χ0v) is 9.42. The SMILES string of the molecule is COc1cc(C)ccc1CC1(CO)CC1. The van der Waals surface area contributed by atoms with Crippen molar-refractivity contribution in [1.29, 1.82) is 0 Å². The van der Waals surface area contributed by atoms with Gasteiger partial charge in [-0.3, -0.25) is 0 Å². The molecule has 1 aliphatic rings. The molecule has 2 rings (SSSR count). The standard InChI is InChI=1S/C13H18O2/c1-10-3-4-11(12(7-10)15-2)8-13(9-14)5-6-13/h3-4,7,14H,5-6,8-9H2,1-2H3. The van der Waals surface area contributed by atoms with Crippen LogP contribution < -0.4 is 4.74 Å². The Morgan fingerprint density at radius 3 is 2.67 bits per heavy atom. The number of aliphatic hydroxyl groups excluding tert-OH is 1. The summed E-state index contributed by atoms with van der Waals surface area (Å²) in [5, 5.41) is 9.30. The molecule has 1 N–H and O–H groups in total. The van der Waals surface area contributed by atoms with Crippen LogP contribution in [0.25, 0.3) is 0 Å². The summed E-state index contributed by atoms with van der Waals surface area (Å²) in [4.78, 5) is 0. The van der Waals surface area contributed by atoms with Crippen molar-refractivity contribution >= 4 is 0 Å². The second kappa shape index (κ2) is 3.86. The highest BCUT2D eigenvalue weighted by molar-refractivity contribution is 5.38. The van der Waals surface area contributed by atoms with E-state index in [4.69, 9.17) is 4.74 Å². The zero-order chi connectivity index (χ0) is 10.9. The van der Waals surface area contributed by atoms with Crippen LogP contribution in [0.2, 0.25) is 0 Å². The first-order valence-electron chi connectivity index (χ1n) is 5.43. The number of hydrogen-bond acceptors (Lipinski definition) is 2. The number of methoxy groups -OCH3 is 1. The van der Waals surface area contributed by atoms with E-state index in [0.29, 0.717) is 6.61 Å². The molecule has 15 heavy (non-hydrogen) atoms. The Morgan fingerprint density at radius 1 is 1.40 bits per heavy atom. The average molecular weight is 206 g/mol. The van der Waals surface area contributed by atoms with Crippen LogP contribution >= 0.6 is 0 Å². The molecule has 1 aromatic rings.